The molecular formula is C18H18ClN7O2. The van der Waals surface area contributed by atoms with E-state index in [1.165, 1.54) is 18.1 Å². The highest BCUT2D eigenvalue weighted by Crippen LogP contribution is 2.18. The van der Waals surface area contributed by atoms with E-state index >= 15 is 0 Å². The standard InChI is InChI=1S/C18H18ClN7O2/c1-11(25-28-3)13-7-14(9-15(19)8-13)17(27)24-12(2)16-22-10-23-26(16)18-20-5-4-6-21-18/h4-10,12H,1-3H3,(H,24,27)/t12-/m1/s1. The van der Waals surface area contributed by atoms with E-state index < -0.39 is 6.04 Å². The van der Waals surface area contributed by atoms with Crippen LogP contribution in [0.3, 0.4) is 0 Å². The molecule has 0 saturated carbocycles. The summed E-state index contributed by atoms with van der Waals surface area (Å²) in [7, 11) is 1.45. The molecule has 0 unspecified atom stereocenters. The number of hydrogen-bond acceptors (Lipinski definition) is 7. The van der Waals surface area contributed by atoms with Crippen LogP contribution < -0.4 is 5.32 Å². The summed E-state index contributed by atoms with van der Waals surface area (Å²) >= 11 is 6.16. The van der Waals surface area contributed by atoms with Gasteiger partial charge in [-0.05, 0) is 38.1 Å². The number of amides is 1. The highest BCUT2D eigenvalue weighted by Gasteiger charge is 2.19. The third-order valence-electron chi connectivity index (χ3n) is 3.86. The van der Waals surface area contributed by atoms with Crippen molar-refractivity contribution in [2.45, 2.75) is 19.9 Å². The van der Waals surface area contributed by atoms with Crippen molar-refractivity contribution in [2.24, 2.45) is 5.16 Å². The third kappa shape index (κ3) is 4.32. The molecule has 3 aromatic rings. The van der Waals surface area contributed by atoms with Crippen LogP contribution in [0.5, 0.6) is 0 Å². The summed E-state index contributed by atoms with van der Waals surface area (Å²) in [5.41, 5.74) is 1.68. The number of carbonyl (C=O) groups is 1. The molecule has 28 heavy (non-hydrogen) atoms. The van der Waals surface area contributed by atoms with Crippen molar-refractivity contribution in [3.8, 4) is 5.95 Å². The normalized spacial score (nSPS) is 12.5. The second-order valence-electron chi connectivity index (χ2n) is 5.86. The predicted molar refractivity (Wildman–Crippen MR) is 104 cm³/mol. The minimum Gasteiger partial charge on any atom is -0.399 e. The number of halogens is 1. The maximum Gasteiger partial charge on any atom is 0.252 e. The SMILES string of the molecule is CON=C(C)c1cc(Cl)cc(C(=O)N[C@H](C)c2ncnn2-c2ncccn2)c1. The first kappa shape index (κ1) is 19.4. The number of rotatable bonds is 6. The van der Waals surface area contributed by atoms with Gasteiger partial charge in [-0.3, -0.25) is 4.79 Å². The number of oxime groups is 1. The molecule has 0 aliphatic rings. The lowest BCUT2D eigenvalue weighted by Gasteiger charge is -2.14. The van der Waals surface area contributed by atoms with Crippen molar-refractivity contribution < 1.29 is 9.63 Å². The van der Waals surface area contributed by atoms with Crippen molar-refractivity contribution in [1.29, 1.82) is 0 Å². The number of aromatic nitrogens is 5. The Morgan fingerprint density at radius 1 is 1.21 bits per heavy atom. The molecule has 1 N–H and O–H groups in total. The van der Waals surface area contributed by atoms with Crippen molar-refractivity contribution in [2.75, 3.05) is 7.11 Å². The first-order valence-electron chi connectivity index (χ1n) is 8.36. The van der Waals surface area contributed by atoms with Crippen LogP contribution in [0.2, 0.25) is 5.02 Å². The molecule has 1 amide bonds. The number of benzene rings is 1. The van der Waals surface area contributed by atoms with Crippen LogP contribution in [-0.2, 0) is 4.84 Å². The molecule has 0 aliphatic heterocycles. The molecule has 1 aromatic carbocycles. The molecule has 144 valence electrons. The minimum absolute atomic E-state index is 0.315. The maximum atomic E-state index is 12.8. The van der Waals surface area contributed by atoms with E-state index in [2.05, 4.69) is 30.5 Å². The van der Waals surface area contributed by atoms with E-state index in [1.54, 1.807) is 50.5 Å². The zero-order valence-corrected chi connectivity index (χ0v) is 16.3. The Morgan fingerprint density at radius 2 is 1.93 bits per heavy atom. The van der Waals surface area contributed by atoms with Crippen molar-refractivity contribution >= 4 is 23.2 Å². The zero-order valence-electron chi connectivity index (χ0n) is 15.5. The largest absolute Gasteiger partial charge is 0.399 e. The van der Waals surface area contributed by atoms with Crippen LogP contribution in [0, 0.1) is 0 Å². The van der Waals surface area contributed by atoms with E-state index in [0.29, 0.717) is 33.6 Å². The lowest BCUT2D eigenvalue weighted by atomic mass is 10.1. The molecule has 0 bridgehead atoms. The molecule has 9 nitrogen and oxygen atoms in total. The van der Waals surface area contributed by atoms with Crippen molar-refractivity contribution in [1.82, 2.24) is 30.0 Å². The first-order valence-corrected chi connectivity index (χ1v) is 8.74. The van der Waals surface area contributed by atoms with E-state index in [9.17, 15) is 4.79 Å². The first-order chi connectivity index (χ1) is 13.5. The van der Waals surface area contributed by atoms with Crippen LogP contribution in [0.1, 0.15) is 41.6 Å². The Hall–Kier alpha value is -3.33. The van der Waals surface area contributed by atoms with Gasteiger partial charge in [0.25, 0.3) is 11.9 Å². The van der Waals surface area contributed by atoms with E-state index in [-0.39, 0.29) is 5.91 Å². The van der Waals surface area contributed by atoms with Crippen LogP contribution in [-0.4, -0.2) is 43.5 Å². The van der Waals surface area contributed by atoms with Crippen molar-refractivity contribution in [3.63, 3.8) is 0 Å². The Kier molecular flexibility index (Phi) is 5.95. The average Bonchev–Trinajstić information content (AvgIpc) is 3.18. The quantitative estimate of drug-likeness (QED) is 0.504. The molecule has 2 aromatic heterocycles. The summed E-state index contributed by atoms with van der Waals surface area (Å²) in [6.07, 6.45) is 4.60. The Bertz CT molecular complexity index is 1000. The molecule has 3 rings (SSSR count). The number of carbonyl (C=O) groups excluding carboxylic acids is 1. The van der Waals surface area contributed by atoms with E-state index in [1.807, 2.05) is 0 Å². The Balaban J connectivity index is 1.83. The van der Waals surface area contributed by atoms with Gasteiger partial charge in [-0.25, -0.2) is 15.0 Å². The third-order valence-corrected chi connectivity index (χ3v) is 4.07. The van der Waals surface area contributed by atoms with Gasteiger partial charge in [0.1, 0.15) is 13.4 Å². The lowest BCUT2D eigenvalue weighted by Crippen LogP contribution is -2.29. The Morgan fingerprint density at radius 3 is 2.64 bits per heavy atom. The highest BCUT2D eigenvalue weighted by molar-refractivity contribution is 6.31. The molecule has 1 atom stereocenters. The van der Waals surface area contributed by atoms with Gasteiger partial charge in [-0.15, -0.1) is 0 Å². The summed E-state index contributed by atoms with van der Waals surface area (Å²) in [6.45, 7) is 3.56. The molecule has 0 radical (unpaired) electrons. The molecular weight excluding hydrogens is 382 g/mol. The predicted octanol–water partition coefficient (Wildman–Crippen LogP) is 2.57. The van der Waals surface area contributed by atoms with E-state index in [4.69, 9.17) is 16.4 Å². The van der Waals surface area contributed by atoms with Gasteiger partial charge < -0.3 is 10.2 Å². The number of nitrogens with one attached hydrogen (secondary N) is 1. The number of nitrogens with zero attached hydrogens (tertiary/aromatic N) is 6. The van der Waals surface area contributed by atoms with Gasteiger partial charge in [0.15, 0.2) is 5.82 Å². The van der Waals surface area contributed by atoms with Crippen LogP contribution >= 0.6 is 11.6 Å². The molecule has 0 spiro atoms. The number of hydrogen-bond donors (Lipinski definition) is 1. The molecule has 0 saturated heterocycles. The fraction of sp³-hybridized carbons (Fsp3) is 0.222. The van der Waals surface area contributed by atoms with E-state index in [0.717, 1.165) is 0 Å². The van der Waals surface area contributed by atoms with Gasteiger partial charge >= 0.3 is 0 Å². The van der Waals surface area contributed by atoms with Gasteiger partial charge in [0.05, 0.1) is 11.8 Å². The van der Waals surface area contributed by atoms with Gasteiger partial charge in [-0.2, -0.15) is 9.78 Å². The molecule has 2 heterocycles. The smallest absolute Gasteiger partial charge is 0.252 e. The molecule has 0 fully saturated rings. The van der Waals surface area contributed by atoms with Gasteiger partial charge in [-0.1, -0.05) is 16.8 Å². The van der Waals surface area contributed by atoms with Crippen LogP contribution in [0.15, 0.2) is 48.1 Å². The summed E-state index contributed by atoms with van der Waals surface area (Å²) in [6, 6.07) is 6.24. The second kappa shape index (κ2) is 8.57. The minimum atomic E-state index is -0.449. The summed E-state index contributed by atoms with van der Waals surface area (Å²) in [5.74, 6) is 0.552. The summed E-state index contributed by atoms with van der Waals surface area (Å²) in [4.78, 5) is 30.1. The zero-order chi connectivity index (χ0) is 20.1. The summed E-state index contributed by atoms with van der Waals surface area (Å²) < 4.78 is 1.48. The van der Waals surface area contributed by atoms with Gasteiger partial charge in [0, 0.05) is 28.5 Å². The highest BCUT2D eigenvalue weighted by atomic mass is 35.5. The fourth-order valence-electron chi connectivity index (χ4n) is 2.56. The fourth-order valence-corrected chi connectivity index (χ4v) is 2.80. The average molecular weight is 400 g/mol. The lowest BCUT2D eigenvalue weighted by molar-refractivity contribution is 0.0938. The molecule has 0 aliphatic carbocycles. The molecule has 10 heteroatoms. The van der Waals surface area contributed by atoms with Gasteiger partial charge in [0.2, 0.25) is 0 Å². The van der Waals surface area contributed by atoms with Crippen LogP contribution in [0.4, 0.5) is 0 Å². The Labute approximate surface area is 166 Å². The second-order valence-corrected chi connectivity index (χ2v) is 6.30. The summed E-state index contributed by atoms with van der Waals surface area (Å²) in [5, 5.41) is 11.3. The van der Waals surface area contributed by atoms with Crippen molar-refractivity contribution in [3.05, 3.63) is 65.0 Å². The monoisotopic (exact) mass is 399 g/mol. The topological polar surface area (TPSA) is 107 Å². The maximum absolute atomic E-state index is 12.8. The van der Waals surface area contributed by atoms with Crippen LogP contribution in [0.25, 0.3) is 5.95 Å².